The lowest BCUT2D eigenvalue weighted by Crippen LogP contribution is -2.39. The highest BCUT2D eigenvalue weighted by Crippen LogP contribution is 2.34. The molecule has 1 N–H and O–H groups in total. The van der Waals surface area contributed by atoms with Crippen LogP contribution in [0.25, 0.3) is 12.2 Å². The van der Waals surface area contributed by atoms with E-state index in [1.807, 2.05) is 43.3 Å². The number of carbonyl (C=O) groups excluding carboxylic acids is 5. The first-order valence-electron chi connectivity index (χ1n) is 11.3. The van der Waals surface area contributed by atoms with Crippen molar-refractivity contribution in [2.45, 2.75) is 6.92 Å². The molecular weight excluding hydrogens is 512 g/mol. The molecule has 4 rings (SSSR count). The summed E-state index contributed by atoms with van der Waals surface area (Å²) in [5.41, 5.74) is 3.11. The van der Waals surface area contributed by atoms with E-state index in [0.29, 0.717) is 16.2 Å². The predicted molar refractivity (Wildman–Crippen MR) is 147 cm³/mol. The van der Waals surface area contributed by atoms with Gasteiger partial charge in [0, 0.05) is 45.5 Å². The Kier molecular flexibility index (Phi) is 7.84. The summed E-state index contributed by atoms with van der Waals surface area (Å²) in [5.74, 6) is -1.12. The summed E-state index contributed by atoms with van der Waals surface area (Å²) in [6.45, 7) is 1.23. The summed E-state index contributed by atoms with van der Waals surface area (Å²) >= 11 is 1.64. The Morgan fingerprint density at radius 1 is 0.784 bits per heavy atom. The normalized spacial score (nSPS) is 17.9. The summed E-state index contributed by atoms with van der Waals surface area (Å²) in [7, 11) is 3.86. The van der Waals surface area contributed by atoms with Gasteiger partial charge in [0.05, 0.1) is 9.81 Å². The van der Waals surface area contributed by atoms with Crippen LogP contribution in [-0.4, -0.2) is 65.2 Å². The molecule has 0 saturated carbocycles. The van der Waals surface area contributed by atoms with E-state index in [1.54, 1.807) is 36.4 Å². The number of nitrogens with one attached hydrogen (secondary N) is 1. The topological polar surface area (TPSA) is 107 Å². The zero-order chi connectivity index (χ0) is 26.7. The lowest BCUT2D eigenvalue weighted by Gasteiger charge is -2.17. The smallest absolute Gasteiger partial charge is 0.293 e. The molecule has 0 spiro atoms. The molecule has 2 saturated heterocycles. The zero-order valence-corrected chi connectivity index (χ0v) is 22.0. The third-order valence-electron chi connectivity index (χ3n) is 5.53. The van der Waals surface area contributed by atoms with Crippen molar-refractivity contribution in [3.05, 3.63) is 69.5 Å². The lowest BCUT2D eigenvalue weighted by atomic mass is 10.2. The van der Waals surface area contributed by atoms with Crippen molar-refractivity contribution in [1.29, 1.82) is 0 Å². The average molecular weight is 537 g/mol. The van der Waals surface area contributed by atoms with Crippen molar-refractivity contribution >= 4 is 75.3 Å². The molecule has 2 heterocycles. The molecule has 0 bridgehead atoms. The fourth-order valence-corrected chi connectivity index (χ4v) is 5.35. The van der Waals surface area contributed by atoms with Gasteiger partial charge >= 0.3 is 0 Å². The van der Waals surface area contributed by atoms with Crippen LogP contribution in [0.15, 0.2) is 58.3 Å². The number of rotatable bonds is 7. The molecule has 0 aromatic heterocycles. The van der Waals surface area contributed by atoms with Gasteiger partial charge < -0.3 is 10.2 Å². The summed E-state index contributed by atoms with van der Waals surface area (Å²) in [5, 5.41) is 1.76. The molecule has 0 unspecified atom stereocenters. The number of benzene rings is 2. The monoisotopic (exact) mass is 536 g/mol. The van der Waals surface area contributed by atoms with Gasteiger partial charge in [-0.3, -0.25) is 33.8 Å². The van der Waals surface area contributed by atoms with Crippen LogP contribution in [0.4, 0.5) is 21.0 Å². The second kappa shape index (κ2) is 11.1. The van der Waals surface area contributed by atoms with Crippen LogP contribution in [0, 0.1) is 0 Å². The molecule has 2 aromatic carbocycles. The molecule has 9 nitrogen and oxygen atoms in total. The lowest BCUT2D eigenvalue weighted by molar-refractivity contribution is -0.125. The zero-order valence-electron chi connectivity index (χ0n) is 20.4. The maximum atomic E-state index is 12.8. The predicted octanol–water partition coefficient (Wildman–Crippen LogP) is 4.48. The van der Waals surface area contributed by atoms with Crippen LogP contribution in [0.3, 0.4) is 0 Å². The quantitative estimate of drug-likeness (QED) is 0.516. The minimum Gasteiger partial charge on any atom is -0.378 e. The number of amides is 5. The first-order chi connectivity index (χ1) is 17.6. The molecule has 0 atom stereocenters. The number of hydrogen-bond donors (Lipinski definition) is 1. The van der Waals surface area contributed by atoms with Crippen LogP contribution in [0.1, 0.15) is 18.1 Å². The number of carbonyl (C=O) groups is 5. The van der Waals surface area contributed by atoms with Crippen molar-refractivity contribution < 1.29 is 24.0 Å². The van der Waals surface area contributed by atoms with Crippen LogP contribution in [0.2, 0.25) is 0 Å². The van der Waals surface area contributed by atoms with Gasteiger partial charge in [0.2, 0.25) is 5.91 Å². The Bertz CT molecular complexity index is 1330. The molecule has 2 aliphatic heterocycles. The third kappa shape index (κ3) is 6.12. The molecule has 190 valence electrons. The van der Waals surface area contributed by atoms with E-state index < -0.39 is 22.3 Å². The summed E-state index contributed by atoms with van der Waals surface area (Å²) in [6, 6.07) is 14.4. The van der Waals surface area contributed by atoms with Gasteiger partial charge in [0.15, 0.2) is 0 Å². The minimum absolute atomic E-state index is 0.0850. The van der Waals surface area contributed by atoms with Crippen molar-refractivity contribution in [2.75, 3.05) is 37.4 Å². The number of imide groups is 2. The van der Waals surface area contributed by atoms with E-state index in [1.165, 1.54) is 6.92 Å². The Labute approximate surface area is 222 Å². The molecule has 37 heavy (non-hydrogen) atoms. The van der Waals surface area contributed by atoms with E-state index in [9.17, 15) is 24.0 Å². The molecule has 5 amide bonds. The van der Waals surface area contributed by atoms with Crippen molar-refractivity contribution in [3.8, 4) is 0 Å². The van der Waals surface area contributed by atoms with Gasteiger partial charge in [0.25, 0.3) is 22.3 Å². The van der Waals surface area contributed by atoms with Gasteiger partial charge in [0.1, 0.15) is 0 Å². The molecule has 2 aromatic rings. The largest absolute Gasteiger partial charge is 0.378 e. The average Bonchev–Trinajstić information content (AvgIpc) is 3.27. The Morgan fingerprint density at radius 2 is 1.22 bits per heavy atom. The third-order valence-corrected chi connectivity index (χ3v) is 7.35. The molecule has 11 heteroatoms. The van der Waals surface area contributed by atoms with Crippen molar-refractivity contribution in [3.63, 3.8) is 0 Å². The van der Waals surface area contributed by atoms with Crippen molar-refractivity contribution in [1.82, 2.24) is 9.80 Å². The fraction of sp³-hybridized carbons (Fsp3) is 0.192. The van der Waals surface area contributed by atoms with E-state index in [2.05, 4.69) is 5.32 Å². The van der Waals surface area contributed by atoms with E-state index >= 15 is 0 Å². The maximum Gasteiger partial charge on any atom is 0.293 e. The van der Waals surface area contributed by atoms with Gasteiger partial charge in [-0.05, 0) is 71.1 Å². The fourth-order valence-electron chi connectivity index (χ4n) is 3.62. The number of nitrogens with zero attached hydrogens (tertiary/aromatic N) is 3. The molecule has 2 aliphatic rings. The number of hydrogen-bond acceptors (Lipinski definition) is 8. The van der Waals surface area contributed by atoms with Gasteiger partial charge in [-0.2, -0.15) is 0 Å². The molecular formula is C26H24N4O5S2. The standard InChI is InChI=1S/C26H24N4O5S2/c1-16(31)27-19-8-4-17(5-9-19)14-21-23(32)29(25(34)36-21)12-13-30-24(33)22(37-26(30)35)15-18-6-10-20(11-7-18)28(2)3/h4-11,14-15H,12-13H2,1-3H3,(H,27,31). The Hall–Kier alpha value is -3.83. The van der Waals surface area contributed by atoms with Gasteiger partial charge in [-0.15, -0.1) is 0 Å². The maximum absolute atomic E-state index is 12.8. The Balaban J connectivity index is 1.39. The van der Waals surface area contributed by atoms with E-state index in [0.717, 1.165) is 44.6 Å². The highest BCUT2D eigenvalue weighted by atomic mass is 32.2. The summed E-state index contributed by atoms with van der Waals surface area (Å²) in [4.78, 5) is 66.4. The van der Waals surface area contributed by atoms with E-state index in [-0.39, 0.29) is 23.9 Å². The minimum atomic E-state index is -0.482. The second-order valence-electron chi connectivity index (χ2n) is 8.46. The van der Waals surface area contributed by atoms with Crippen LogP contribution in [-0.2, 0) is 14.4 Å². The van der Waals surface area contributed by atoms with Crippen LogP contribution in [0.5, 0.6) is 0 Å². The highest BCUT2D eigenvalue weighted by molar-refractivity contribution is 8.18. The SMILES string of the molecule is CC(=O)Nc1ccc(C=C2SC(=O)N(CCN3C(=O)SC(=Cc4ccc(N(C)C)cc4)C3=O)C2=O)cc1. The molecule has 0 aliphatic carbocycles. The molecule has 0 radical (unpaired) electrons. The number of thioether (sulfide) groups is 2. The Morgan fingerprint density at radius 3 is 1.62 bits per heavy atom. The summed E-state index contributed by atoms with van der Waals surface area (Å²) < 4.78 is 0. The second-order valence-corrected chi connectivity index (χ2v) is 10.4. The van der Waals surface area contributed by atoms with Crippen LogP contribution < -0.4 is 10.2 Å². The molecule has 2 fully saturated rings. The first kappa shape index (κ1) is 26.2. The van der Waals surface area contributed by atoms with Crippen LogP contribution >= 0.6 is 23.5 Å². The van der Waals surface area contributed by atoms with Gasteiger partial charge in [-0.25, -0.2) is 0 Å². The summed E-state index contributed by atoms with van der Waals surface area (Å²) in [6.07, 6.45) is 3.25. The highest BCUT2D eigenvalue weighted by Gasteiger charge is 2.39. The van der Waals surface area contributed by atoms with Crippen molar-refractivity contribution in [2.24, 2.45) is 0 Å². The first-order valence-corrected chi connectivity index (χ1v) is 12.9. The van der Waals surface area contributed by atoms with Gasteiger partial charge in [-0.1, -0.05) is 24.3 Å². The van der Waals surface area contributed by atoms with E-state index in [4.69, 9.17) is 0 Å². The number of anilines is 2.